The lowest BCUT2D eigenvalue weighted by atomic mass is 9.89. The van der Waals surface area contributed by atoms with Crippen molar-refractivity contribution in [3.8, 4) is 0 Å². The first-order chi connectivity index (χ1) is 11.6. The van der Waals surface area contributed by atoms with Crippen LogP contribution in [0.3, 0.4) is 0 Å². The SMILES string of the molecule is COC1CCC(N(C)C(=O)CCCSc2nnnn2C)CC1OC. The molecule has 1 saturated carbocycles. The fraction of sp³-hybridized carbons (Fsp3) is 0.867. The second kappa shape index (κ2) is 9.33. The molecule has 9 heteroatoms. The first kappa shape index (κ1) is 19.1. The van der Waals surface area contributed by atoms with E-state index in [0.29, 0.717) is 6.42 Å². The summed E-state index contributed by atoms with van der Waals surface area (Å²) < 4.78 is 12.6. The number of ether oxygens (including phenoxy) is 2. The van der Waals surface area contributed by atoms with E-state index < -0.39 is 0 Å². The summed E-state index contributed by atoms with van der Waals surface area (Å²) in [7, 11) is 7.13. The van der Waals surface area contributed by atoms with Crippen LogP contribution in [0.5, 0.6) is 0 Å². The average molecular weight is 357 g/mol. The zero-order chi connectivity index (χ0) is 17.5. The monoisotopic (exact) mass is 357 g/mol. The lowest BCUT2D eigenvalue weighted by molar-refractivity contribution is -0.136. The predicted octanol–water partition coefficient (Wildman–Crippen LogP) is 1.12. The summed E-state index contributed by atoms with van der Waals surface area (Å²) >= 11 is 1.57. The fourth-order valence-electron chi connectivity index (χ4n) is 3.06. The van der Waals surface area contributed by atoms with Crippen molar-refractivity contribution in [1.82, 2.24) is 25.1 Å². The van der Waals surface area contributed by atoms with Crippen LogP contribution in [-0.4, -0.2) is 76.3 Å². The molecular weight excluding hydrogens is 330 g/mol. The Balaban J connectivity index is 1.72. The van der Waals surface area contributed by atoms with Gasteiger partial charge in [-0.05, 0) is 36.1 Å². The predicted molar refractivity (Wildman–Crippen MR) is 90.8 cm³/mol. The fourth-order valence-corrected chi connectivity index (χ4v) is 3.85. The van der Waals surface area contributed by atoms with Crippen LogP contribution in [0.1, 0.15) is 32.1 Å². The molecule has 1 aliphatic rings. The minimum absolute atomic E-state index is 0.0583. The number of nitrogens with zero attached hydrogens (tertiary/aromatic N) is 5. The summed E-state index contributed by atoms with van der Waals surface area (Å²) in [6.07, 6.45) is 4.25. The van der Waals surface area contributed by atoms with Crippen LogP contribution >= 0.6 is 11.8 Å². The molecule has 3 atom stereocenters. The number of aryl methyl sites for hydroxylation is 1. The van der Waals surface area contributed by atoms with Crippen LogP contribution in [0.4, 0.5) is 0 Å². The van der Waals surface area contributed by atoms with Gasteiger partial charge in [0.25, 0.3) is 0 Å². The second-order valence-corrected chi connectivity index (χ2v) is 7.12. The standard InChI is InChI=1S/C15H27N5O3S/c1-19(11-7-8-12(22-3)13(10-11)23-4)14(21)6-5-9-24-15-16-17-18-20(15)2/h11-13H,5-10H2,1-4H3. The van der Waals surface area contributed by atoms with Gasteiger partial charge in [-0.15, -0.1) is 5.10 Å². The number of hydrogen-bond donors (Lipinski definition) is 0. The highest BCUT2D eigenvalue weighted by molar-refractivity contribution is 7.99. The molecule has 1 amide bonds. The number of carbonyl (C=O) groups excluding carboxylic acids is 1. The van der Waals surface area contributed by atoms with Gasteiger partial charge in [-0.3, -0.25) is 4.79 Å². The molecule has 136 valence electrons. The summed E-state index contributed by atoms with van der Waals surface area (Å²) in [6.45, 7) is 0. The van der Waals surface area contributed by atoms with Gasteiger partial charge in [-0.1, -0.05) is 11.8 Å². The van der Waals surface area contributed by atoms with Gasteiger partial charge in [0.1, 0.15) is 0 Å². The minimum Gasteiger partial charge on any atom is -0.379 e. The molecule has 0 spiro atoms. The van der Waals surface area contributed by atoms with Crippen LogP contribution < -0.4 is 0 Å². The van der Waals surface area contributed by atoms with Gasteiger partial charge in [0.15, 0.2) is 0 Å². The van der Waals surface area contributed by atoms with Crippen molar-refractivity contribution < 1.29 is 14.3 Å². The van der Waals surface area contributed by atoms with Crippen molar-refractivity contribution in [2.75, 3.05) is 27.0 Å². The molecule has 0 bridgehead atoms. The first-order valence-corrected chi connectivity index (χ1v) is 9.21. The summed E-state index contributed by atoms with van der Waals surface area (Å²) in [5.74, 6) is 1.01. The van der Waals surface area contributed by atoms with Gasteiger partial charge in [0.05, 0.1) is 12.2 Å². The molecule has 1 aliphatic carbocycles. The van der Waals surface area contributed by atoms with Crippen molar-refractivity contribution in [2.24, 2.45) is 7.05 Å². The van der Waals surface area contributed by atoms with Crippen LogP contribution in [0.25, 0.3) is 0 Å². The van der Waals surface area contributed by atoms with E-state index in [0.717, 1.165) is 36.6 Å². The van der Waals surface area contributed by atoms with E-state index in [2.05, 4.69) is 15.5 Å². The first-order valence-electron chi connectivity index (χ1n) is 8.23. The summed E-state index contributed by atoms with van der Waals surface area (Å²) in [6, 6.07) is 0.226. The van der Waals surface area contributed by atoms with Crippen LogP contribution in [-0.2, 0) is 21.3 Å². The number of hydrogen-bond acceptors (Lipinski definition) is 7. The van der Waals surface area contributed by atoms with Crippen molar-refractivity contribution in [3.63, 3.8) is 0 Å². The van der Waals surface area contributed by atoms with Gasteiger partial charge >= 0.3 is 0 Å². The number of amides is 1. The van der Waals surface area contributed by atoms with E-state index >= 15 is 0 Å². The molecule has 24 heavy (non-hydrogen) atoms. The number of tetrazole rings is 1. The largest absolute Gasteiger partial charge is 0.379 e. The topological polar surface area (TPSA) is 82.4 Å². The molecule has 1 heterocycles. The number of methoxy groups -OCH3 is 2. The highest BCUT2D eigenvalue weighted by Crippen LogP contribution is 2.27. The lowest BCUT2D eigenvalue weighted by Gasteiger charge is -2.38. The molecule has 3 unspecified atom stereocenters. The van der Waals surface area contributed by atoms with E-state index in [-0.39, 0.29) is 24.2 Å². The third-order valence-corrected chi connectivity index (χ3v) is 5.69. The van der Waals surface area contributed by atoms with Crippen molar-refractivity contribution in [2.45, 2.75) is 55.5 Å². The maximum Gasteiger partial charge on any atom is 0.222 e. The normalized spacial score (nSPS) is 24.1. The van der Waals surface area contributed by atoms with E-state index in [1.807, 2.05) is 19.0 Å². The Bertz CT molecular complexity index is 527. The van der Waals surface area contributed by atoms with Gasteiger partial charge < -0.3 is 14.4 Å². The maximum atomic E-state index is 12.4. The third kappa shape index (κ3) is 4.90. The van der Waals surface area contributed by atoms with Gasteiger partial charge in [-0.25, -0.2) is 4.68 Å². The Labute approximate surface area is 147 Å². The van der Waals surface area contributed by atoms with Gasteiger partial charge in [0.2, 0.25) is 11.1 Å². The van der Waals surface area contributed by atoms with E-state index in [4.69, 9.17) is 9.47 Å². The molecular formula is C15H27N5O3S. The van der Waals surface area contributed by atoms with Crippen LogP contribution in [0.15, 0.2) is 5.16 Å². The highest BCUT2D eigenvalue weighted by atomic mass is 32.2. The highest BCUT2D eigenvalue weighted by Gasteiger charge is 2.33. The molecule has 2 rings (SSSR count). The molecule has 1 fully saturated rings. The minimum atomic E-state index is 0.0583. The molecule has 0 saturated heterocycles. The van der Waals surface area contributed by atoms with Crippen molar-refractivity contribution in [3.05, 3.63) is 0 Å². The van der Waals surface area contributed by atoms with E-state index in [9.17, 15) is 4.79 Å². The second-order valence-electron chi connectivity index (χ2n) is 6.06. The van der Waals surface area contributed by atoms with Gasteiger partial charge in [-0.2, -0.15) is 0 Å². The molecule has 1 aromatic heterocycles. The molecule has 0 aliphatic heterocycles. The molecule has 0 radical (unpaired) electrons. The smallest absolute Gasteiger partial charge is 0.222 e. The quantitative estimate of drug-likeness (QED) is 0.509. The maximum absolute atomic E-state index is 12.4. The Morgan fingerprint density at radius 1 is 1.33 bits per heavy atom. The molecule has 8 nitrogen and oxygen atoms in total. The third-order valence-electron chi connectivity index (χ3n) is 4.60. The van der Waals surface area contributed by atoms with Crippen LogP contribution in [0, 0.1) is 0 Å². The Morgan fingerprint density at radius 2 is 2.08 bits per heavy atom. The summed E-state index contributed by atoms with van der Waals surface area (Å²) in [5.41, 5.74) is 0. The summed E-state index contributed by atoms with van der Waals surface area (Å²) in [4.78, 5) is 14.3. The van der Waals surface area contributed by atoms with Crippen molar-refractivity contribution >= 4 is 17.7 Å². The number of carbonyl (C=O) groups is 1. The molecule has 0 N–H and O–H groups in total. The zero-order valence-electron chi connectivity index (χ0n) is 14.8. The Kier molecular flexibility index (Phi) is 7.44. The summed E-state index contributed by atoms with van der Waals surface area (Å²) in [5, 5.41) is 12.1. The number of thioether (sulfide) groups is 1. The Hall–Kier alpha value is -1.19. The lowest BCUT2D eigenvalue weighted by Crippen LogP contribution is -2.46. The average Bonchev–Trinajstić information content (AvgIpc) is 3.02. The Morgan fingerprint density at radius 3 is 2.71 bits per heavy atom. The number of aromatic nitrogens is 4. The van der Waals surface area contributed by atoms with Gasteiger partial charge in [0, 0.05) is 46.5 Å². The molecule has 0 aromatic carbocycles. The van der Waals surface area contributed by atoms with E-state index in [1.165, 1.54) is 0 Å². The zero-order valence-corrected chi connectivity index (χ0v) is 15.7. The van der Waals surface area contributed by atoms with Crippen LogP contribution in [0.2, 0.25) is 0 Å². The number of rotatable bonds is 8. The molecule has 1 aromatic rings. The van der Waals surface area contributed by atoms with E-state index in [1.54, 1.807) is 30.7 Å². The van der Waals surface area contributed by atoms with Crippen molar-refractivity contribution in [1.29, 1.82) is 0 Å².